The van der Waals surface area contributed by atoms with E-state index in [1.54, 1.807) is 6.07 Å². The molecular formula is C12H17Cl2N. The molecule has 0 aliphatic heterocycles. The van der Waals surface area contributed by atoms with E-state index in [1.807, 2.05) is 12.1 Å². The van der Waals surface area contributed by atoms with Crippen LogP contribution < -0.4 is 5.73 Å². The molecule has 0 aliphatic carbocycles. The van der Waals surface area contributed by atoms with Crippen molar-refractivity contribution < 1.29 is 0 Å². The highest BCUT2D eigenvalue weighted by molar-refractivity contribution is 6.42. The third-order valence-corrected chi connectivity index (χ3v) is 3.90. The van der Waals surface area contributed by atoms with Crippen LogP contribution in [0.3, 0.4) is 0 Å². The average Bonchev–Trinajstić information content (AvgIpc) is 2.21. The molecule has 0 aromatic heterocycles. The van der Waals surface area contributed by atoms with E-state index >= 15 is 0 Å². The van der Waals surface area contributed by atoms with E-state index in [0.717, 1.165) is 12.0 Å². The smallest absolute Gasteiger partial charge is 0.0640 e. The van der Waals surface area contributed by atoms with Crippen molar-refractivity contribution in [1.82, 2.24) is 0 Å². The fourth-order valence-electron chi connectivity index (χ4n) is 1.40. The summed E-state index contributed by atoms with van der Waals surface area (Å²) in [5.74, 6) is 0. The summed E-state index contributed by atoms with van der Waals surface area (Å²) in [5, 5.41) is 1.14. The molecule has 0 radical (unpaired) electrons. The molecule has 0 saturated heterocycles. The van der Waals surface area contributed by atoms with E-state index in [-0.39, 0.29) is 11.5 Å². The van der Waals surface area contributed by atoms with E-state index in [4.69, 9.17) is 28.9 Å². The van der Waals surface area contributed by atoms with Crippen LogP contribution in [-0.4, -0.2) is 0 Å². The van der Waals surface area contributed by atoms with Crippen LogP contribution in [0.2, 0.25) is 10.0 Å². The van der Waals surface area contributed by atoms with Gasteiger partial charge in [-0.15, -0.1) is 0 Å². The average molecular weight is 246 g/mol. The van der Waals surface area contributed by atoms with Crippen molar-refractivity contribution in [2.24, 2.45) is 11.1 Å². The Morgan fingerprint density at radius 1 is 1.33 bits per heavy atom. The van der Waals surface area contributed by atoms with Gasteiger partial charge in [0.15, 0.2) is 0 Å². The van der Waals surface area contributed by atoms with E-state index in [9.17, 15) is 0 Å². The van der Waals surface area contributed by atoms with Crippen molar-refractivity contribution in [2.45, 2.75) is 33.2 Å². The lowest BCUT2D eigenvalue weighted by Crippen LogP contribution is -2.28. The maximum atomic E-state index is 6.21. The Morgan fingerprint density at radius 3 is 2.47 bits per heavy atom. The first-order chi connectivity index (χ1) is 6.90. The topological polar surface area (TPSA) is 26.0 Å². The molecule has 2 N–H and O–H groups in total. The summed E-state index contributed by atoms with van der Waals surface area (Å²) >= 11 is 12.1. The van der Waals surface area contributed by atoms with E-state index in [0.29, 0.717) is 10.0 Å². The first-order valence-corrected chi connectivity index (χ1v) is 5.85. The summed E-state index contributed by atoms with van der Waals surface area (Å²) in [6.45, 7) is 6.39. The molecule has 3 heteroatoms. The van der Waals surface area contributed by atoms with Crippen LogP contribution in [0.4, 0.5) is 0 Å². The Kier molecular flexibility index (Phi) is 4.05. The molecule has 0 heterocycles. The number of benzene rings is 1. The SMILES string of the molecule is CCC(C)(C)C(N)c1cccc(Cl)c1Cl. The number of rotatable bonds is 3. The Balaban J connectivity index is 3.12. The predicted molar refractivity (Wildman–Crippen MR) is 67.5 cm³/mol. The van der Waals surface area contributed by atoms with Crippen molar-refractivity contribution in [3.63, 3.8) is 0 Å². The highest BCUT2D eigenvalue weighted by atomic mass is 35.5. The van der Waals surface area contributed by atoms with Crippen molar-refractivity contribution in [3.05, 3.63) is 33.8 Å². The van der Waals surface area contributed by atoms with Gasteiger partial charge in [0.2, 0.25) is 0 Å². The van der Waals surface area contributed by atoms with Crippen LogP contribution in [0, 0.1) is 5.41 Å². The standard InChI is InChI=1S/C12H17Cl2N/c1-4-12(2,3)11(15)8-6-5-7-9(13)10(8)14/h5-7,11H,4,15H2,1-3H3. The van der Waals surface area contributed by atoms with Crippen LogP contribution in [0.5, 0.6) is 0 Å². The molecule has 1 aromatic carbocycles. The number of nitrogens with two attached hydrogens (primary N) is 1. The zero-order valence-electron chi connectivity index (χ0n) is 9.35. The Labute approximate surface area is 102 Å². The molecule has 1 atom stereocenters. The first kappa shape index (κ1) is 12.8. The predicted octanol–water partition coefficient (Wildman–Crippen LogP) is 4.43. The molecule has 0 fully saturated rings. The Bertz CT molecular complexity index is 347. The highest BCUT2D eigenvalue weighted by Crippen LogP contribution is 2.39. The summed E-state index contributed by atoms with van der Waals surface area (Å²) < 4.78 is 0. The van der Waals surface area contributed by atoms with Gasteiger partial charge in [0.05, 0.1) is 10.0 Å². The van der Waals surface area contributed by atoms with E-state index in [2.05, 4.69) is 20.8 Å². The summed E-state index contributed by atoms with van der Waals surface area (Å²) in [6, 6.07) is 5.51. The van der Waals surface area contributed by atoms with Gasteiger partial charge in [-0.3, -0.25) is 0 Å². The number of halogens is 2. The quantitative estimate of drug-likeness (QED) is 0.838. The minimum Gasteiger partial charge on any atom is -0.323 e. The maximum absolute atomic E-state index is 6.21. The molecule has 1 aromatic rings. The second kappa shape index (κ2) is 4.73. The van der Waals surface area contributed by atoms with Crippen molar-refractivity contribution in [2.75, 3.05) is 0 Å². The summed E-state index contributed by atoms with van der Waals surface area (Å²) in [5.41, 5.74) is 7.16. The maximum Gasteiger partial charge on any atom is 0.0640 e. The lowest BCUT2D eigenvalue weighted by molar-refractivity contribution is 0.278. The normalized spacial score (nSPS) is 14.0. The summed E-state index contributed by atoms with van der Waals surface area (Å²) in [6.07, 6.45) is 0.997. The van der Waals surface area contributed by atoms with Crippen LogP contribution in [0.15, 0.2) is 18.2 Å². The molecule has 0 amide bonds. The summed E-state index contributed by atoms with van der Waals surface area (Å²) in [7, 11) is 0. The van der Waals surface area contributed by atoms with Crippen LogP contribution in [-0.2, 0) is 0 Å². The van der Waals surface area contributed by atoms with Gasteiger partial charge in [0, 0.05) is 6.04 Å². The molecule has 1 rings (SSSR count). The fraction of sp³-hybridized carbons (Fsp3) is 0.500. The molecule has 15 heavy (non-hydrogen) atoms. The van der Waals surface area contributed by atoms with Gasteiger partial charge < -0.3 is 5.73 Å². The van der Waals surface area contributed by atoms with Crippen LogP contribution >= 0.6 is 23.2 Å². The zero-order chi connectivity index (χ0) is 11.6. The molecule has 0 aliphatic rings. The second-order valence-electron chi connectivity index (χ2n) is 4.46. The lowest BCUT2D eigenvalue weighted by Gasteiger charge is -2.31. The molecule has 0 bridgehead atoms. The molecule has 84 valence electrons. The van der Waals surface area contributed by atoms with Crippen molar-refractivity contribution in [3.8, 4) is 0 Å². The van der Waals surface area contributed by atoms with Crippen molar-refractivity contribution >= 4 is 23.2 Å². The minimum absolute atomic E-state index is 0.0221. The van der Waals surface area contributed by atoms with Crippen LogP contribution in [0.1, 0.15) is 38.8 Å². The zero-order valence-corrected chi connectivity index (χ0v) is 10.9. The van der Waals surface area contributed by atoms with E-state index in [1.165, 1.54) is 0 Å². The molecular weight excluding hydrogens is 229 g/mol. The largest absolute Gasteiger partial charge is 0.323 e. The van der Waals surface area contributed by atoms with Gasteiger partial charge in [-0.2, -0.15) is 0 Å². The van der Waals surface area contributed by atoms with Crippen molar-refractivity contribution in [1.29, 1.82) is 0 Å². The second-order valence-corrected chi connectivity index (χ2v) is 5.25. The third-order valence-electron chi connectivity index (χ3n) is 3.07. The highest BCUT2D eigenvalue weighted by Gasteiger charge is 2.27. The molecule has 1 nitrogen and oxygen atoms in total. The minimum atomic E-state index is -0.0892. The lowest BCUT2D eigenvalue weighted by atomic mass is 9.79. The summed E-state index contributed by atoms with van der Waals surface area (Å²) in [4.78, 5) is 0. The van der Waals surface area contributed by atoms with Gasteiger partial charge in [-0.25, -0.2) is 0 Å². The Hall–Kier alpha value is -0.240. The third kappa shape index (κ3) is 2.66. The van der Waals surface area contributed by atoms with Gasteiger partial charge in [0.1, 0.15) is 0 Å². The molecule has 1 unspecified atom stereocenters. The van der Waals surface area contributed by atoms with E-state index < -0.39 is 0 Å². The molecule has 0 spiro atoms. The van der Waals surface area contributed by atoms with Gasteiger partial charge in [0.25, 0.3) is 0 Å². The Morgan fingerprint density at radius 2 is 1.93 bits per heavy atom. The monoisotopic (exact) mass is 245 g/mol. The number of hydrogen-bond acceptors (Lipinski definition) is 1. The van der Waals surface area contributed by atoms with Gasteiger partial charge >= 0.3 is 0 Å². The fourth-order valence-corrected chi connectivity index (χ4v) is 1.83. The molecule has 0 saturated carbocycles. The van der Waals surface area contributed by atoms with Gasteiger partial charge in [-0.05, 0) is 23.5 Å². The van der Waals surface area contributed by atoms with Gasteiger partial charge in [-0.1, -0.05) is 56.1 Å². The number of hydrogen-bond donors (Lipinski definition) is 1. The first-order valence-electron chi connectivity index (χ1n) is 5.09. The van der Waals surface area contributed by atoms with Crippen LogP contribution in [0.25, 0.3) is 0 Å².